The van der Waals surface area contributed by atoms with Crippen molar-refractivity contribution in [3.05, 3.63) is 53.3 Å². The molecule has 1 N–H and O–H groups in total. The lowest BCUT2D eigenvalue weighted by Gasteiger charge is -2.36. The Hall–Kier alpha value is -2.29. The summed E-state index contributed by atoms with van der Waals surface area (Å²) in [5.41, 5.74) is -7.24. The van der Waals surface area contributed by atoms with Gasteiger partial charge in [0.25, 0.3) is 0 Å². The molecule has 0 aromatic heterocycles. The number of piperidine rings is 1. The van der Waals surface area contributed by atoms with E-state index >= 15 is 0 Å². The predicted molar refractivity (Wildman–Crippen MR) is 122 cm³/mol. The summed E-state index contributed by atoms with van der Waals surface area (Å²) < 4.78 is 130. The van der Waals surface area contributed by atoms with E-state index in [2.05, 4.69) is 0 Å². The zero-order chi connectivity index (χ0) is 27.9. The third-order valence-electron chi connectivity index (χ3n) is 5.76. The number of sulfone groups is 1. The Balaban J connectivity index is 1.92. The lowest BCUT2D eigenvalue weighted by atomic mass is 9.81. The predicted octanol–water partition coefficient (Wildman–Crippen LogP) is 3.05. The molecule has 202 valence electrons. The van der Waals surface area contributed by atoms with Crippen LogP contribution in [-0.4, -0.2) is 54.7 Å². The standard InChI is InChI=1S/C20H18ClF4N3O6S3/c21-14-5-6-17(18(11-14)35(29,30)16-4-2-1-3-15(16)22)36(31,32)28-9-7-19(12-26,8-10-28)13-27-37(33,34)20(23,24)25/h1-6,11,27H,7-10,13H2. The lowest BCUT2D eigenvalue weighted by molar-refractivity contribution is -0.0450. The van der Waals surface area contributed by atoms with E-state index in [1.807, 2.05) is 0 Å². The molecule has 0 atom stereocenters. The number of nitrogens with zero attached hydrogens (tertiary/aromatic N) is 2. The fraction of sp³-hybridized carbons (Fsp3) is 0.350. The summed E-state index contributed by atoms with van der Waals surface area (Å²) >= 11 is 5.91. The van der Waals surface area contributed by atoms with Gasteiger partial charge in [-0.25, -0.2) is 34.4 Å². The topological polar surface area (TPSA) is 141 Å². The Kier molecular flexibility index (Phi) is 8.00. The molecule has 3 rings (SSSR count). The van der Waals surface area contributed by atoms with Crippen LogP contribution in [0.25, 0.3) is 0 Å². The quantitative estimate of drug-likeness (QED) is 0.480. The molecule has 1 aliphatic rings. The van der Waals surface area contributed by atoms with Gasteiger partial charge in [-0.1, -0.05) is 23.7 Å². The van der Waals surface area contributed by atoms with Gasteiger partial charge < -0.3 is 0 Å². The SMILES string of the molecule is N#CC1(CNS(=O)(=O)C(F)(F)F)CCN(S(=O)(=O)c2ccc(Cl)cc2S(=O)(=O)c2ccccc2F)CC1. The van der Waals surface area contributed by atoms with Crippen molar-refractivity contribution in [1.29, 1.82) is 5.26 Å². The fourth-order valence-corrected chi connectivity index (χ4v) is 8.06. The van der Waals surface area contributed by atoms with E-state index in [0.29, 0.717) is 0 Å². The van der Waals surface area contributed by atoms with Gasteiger partial charge in [0.05, 0.1) is 16.4 Å². The van der Waals surface area contributed by atoms with Gasteiger partial charge in [-0.05, 0) is 43.2 Å². The van der Waals surface area contributed by atoms with Crippen molar-refractivity contribution in [2.24, 2.45) is 5.41 Å². The number of hydrogen-bond acceptors (Lipinski definition) is 7. The number of halogens is 5. The van der Waals surface area contributed by atoms with Gasteiger partial charge in [0.1, 0.15) is 15.6 Å². The van der Waals surface area contributed by atoms with Crippen LogP contribution in [0.3, 0.4) is 0 Å². The molecular weight excluding hydrogens is 586 g/mol. The smallest absolute Gasteiger partial charge is 0.218 e. The first kappa shape index (κ1) is 29.3. The van der Waals surface area contributed by atoms with Gasteiger partial charge in [-0.15, -0.1) is 0 Å². The number of alkyl halides is 3. The van der Waals surface area contributed by atoms with Gasteiger partial charge in [-0.2, -0.15) is 22.7 Å². The normalized spacial score (nSPS) is 17.3. The van der Waals surface area contributed by atoms with Crippen LogP contribution >= 0.6 is 11.6 Å². The van der Waals surface area contributed by atoms with Crippen molar-refractivity contribution < 1.29 is 42.8 Å². The minimum absolute atomic E-state index is 0.145. The summed E-state index contributed by atoms with van der Waals surface area (Å²) in [6, 6.07) is 8.97. The molecule has 0 amide bonds. The van der Waals surface area contributed by atoms with Crippen LogP contribution in [0.2, 0.25) is 5.02 Å². The molecule has 0 spiro atoms. The van der Waals surface area contributed by atoms with Crippen LogP contribution in [0, 0.1) is 22.6 Å². The van der Waals surface area contributed by atoms with Gasteiger partial charge in [0, 0.05) is 24.7 Å². The van der Waals surface area contributed by atoms with Crippen LogP contribution in [0.1, 0.15) is 12.8 Å². The molecule has 2 aromatic rings. The van der Waals surface area contributed by atoms with Crippen LogP contribution in [-0.2, 0) is 29.9 Å². The lowest BCUT2D eigenvalue weighted by Crippen LogP contribution is -2.49. The molecule has 37 heavy (non-hydrogen) atoms. The van der Waals surface area contributed by atoms with E-state index < -0.39 is 80.9 Å². The zero-order valence-corrected chi connectivity index (χ0v) is 21.7. The highest BCUT2D eigenvalue weighted by molar-refractivity contribution is 7.93. The number of benzene rings is 2. The van der Waals surface area contributed by atoms with Crippen molar-refractivity contribution >= 4 is 41.5 Å². The summed E-state index contributed by atoms with van der Waals surface area (Å²) in [6.45, 7) is -1.79. The summed E-state index contributed by atoms with van der Waals surface area (Å²) in [4.78, 5) is -2.30. The highest BCUT2D eigenvalue weighted by Crippen LogP contribution is 2.37. The summed E-state index contributed by atoms with van der Waals surface area (Å²) in [5.74, 6) is -1.12. The number of nitriles is 1. The number of hydrogen-bond donors (Lipinski definition) is 1. The Labute approximate surface area is 215 Å². The van der Waals surface area contributed by atoms with E-state index in [0.717, 1.165) is 34.6 Å². The van der Waals surface area contributed by atoms with Gasteiger partial charge in [0.2, 0.25) is 19.9 Å². The van der Waals surface area contributed by atoms with Crippen molar-refractivity contribution in [3.63, 3.8) is 0 Å². The Morgan fingerprint density at radius 1 is 0.973 bits per heavy atom. The van der Waals surface area contributed by atoms with Crippen LogP contribution in [0.4, 0.5) is 17.6 Å². The molecule has 1 saturated heterocycles. The first-order valence-corrected chi connectivity index (χ1v) is 15.0. The molecule has 9 nitrogen and oxygen atoms in total. The molecule has 0 saturated carbocycles. The first-order chi connectivity index (χ1) is 17.0. The second-order valence-corrected chi connectivity index (χ2v) is 14.1. The third-order valence-corrected chi connectivity index (χ3v) is 11.0. The molecule has 1 fully saturated rings. The summed E-state index contributed by atoms with van der Waals surface area (Å²) in [6.07, 6.45) is -0.710. The highest BCUT2D eigenvalue weighted by Gasteiger charge is 2.48. The molecule has 17 heteroatoms. The second-order valence-electron chi connectivity index (χ2n) is 8.09. The minimum atomic E-state index is -5.73. The van der Waals surface area contributed by atoms with Crippen molar-refractivity contribution in [1.82, 2.24) is 9.03 Å². The molecule has 1 aliphatic heterocycles. The molecule has 2 aromatic carbocycles. The van der Waals surface area contributed by atoms with E-state index in [9.17, 15) is 48.1 Å². The molecule has 1 heterocycles. The molecular formula is C20H18ClF4N3O6S3. The summed E-state index contributed by atoms with van der Waals surface area (Å²) in [7, 11) is -15.0. The zero-order valence-electron chi connectivity index (χ0n) is 18.5. The maximum absolute atomic E-state index is 14.3. The number of rotatable bonds is 7. The van der Waals surface area contributed by atoms with E-state index in [-0.39, 0.29) is 17.9 Å². The maximum atomic E-state index is 14.3. The van der Waals surface area contributed by atoms with Crippen LogP contribution in [0.15, 0.2) is 57.2 Å². The van der Waals surface area contributed by atoms with Crippen molar-refractivity contribution in [2.45, 2.75) is 33.0 Å². The highest BCUT2D eigenvalue weighted by atomic mass is 35.5. The Bertz CT molecular complexity index is 1560. The number of sulfonamides is 2. The molecule has 0 bridgehead atoms. The Morgan fingerprint density at radius 3 is 2.11 bits per heavy atom. The first-order valence-electron chi connectivity index (χ1n) is 10.2. The van der Waals surface area contributed by atoms with Crippen LogP contribution < -0.4 is 4.72 Å². The minimum Gasteiger partial charge on any atom is -0.218 e. The largest absolute Gasteiger partial charge is 0.511 e. The summed E-state index contributed by atoms with van der Waals surface area (Å²) in [5, 5.41) is 9.37. The molecule has 0 unspecified atom stereocenters. The number of nitrogens with one attached hydrogen (secondary N) is 1. The fourth-order valence-electron chi connectivity index (χ4n) is 3.62. The molecule has 0 aliphatic carbocycles. The van der Waals surface area contributed by atoms with Crippen molar-refractivity contribution in [3.8, 4) is 6.07 Å². The van der Waals surface area contributed by atoms with Gasteiger partial charge in [-0.3, -0.25) is 0 Å². The van der Waals surface area contributed by atoms with Crippen molar-refractivity contribution in [2.75, 3.05) is 19.6 Å². The van der Waals surface area contributed by atoms with Crippen LogP contribution in [0.5, 0.6) is 0 Å². The average molecular weight is 604 g/mol. The van der Waals surface area contributed by atoms with Gasteiger partial charge >= 0.3 is 15.5 Å². The molecule has 0 radical (unpaired) electrons. The van der Waals surface area contributed by atoms with E-state index in [1.54, 1.807) is 6.07 Å². The third kappa shape index (κ3) is 5.76. The van der Waals surface area contributed by atoms with E-state index in [1.165, 1.54) is 16.9 Å². The van der Waals surface area contributed by atoms with Gasteiger partial charge in [0.15, 0.2) is 0 Å². The van der Waals surface area contributed by atoms with E-state index in [4.69, 9.17) is 11.6 Å². The monoisotopic (exact) mass is 603 g/mol. The maximum Gasteiger partial charge on any atom is 0.511 e. The average Bonchev–Trinajstić information content (AvgIpc) is 2.82. The Morgan fingerprint density at radius 2 is 1.57 bits per heavy atom. The second kappa shape index (κ2) is 10.1.